The molecule has 0 saturated carbocycles. The molecule has 0 saturated heterocycles. The van der Waals surface area contributed by atoms with Gasteiger partial charge in [-0.3, -0.25) is 25.0 Å². The highest BCUT2D eigenvalue weighted by Crippen LogP contribution is 2.30. The number of phenolic OH excluding ortho intramolecular Hbond substituents is 1. The van der Waals surface area contributed by atoms with Crippen LogP contribution >= 0.6 is 0 Å². The van der Waals surface area contributed by atoms with E-state index in [1.54, 1.807) is 12.1 Å². The molecule has 3 aromatic rings. The Morgan fingerprint density at radius 2 is 2.00 bits per heavy atom. The number of nitrogens with zero attached hydrogens (tertiary/aromatic N) is 3. The van der Waals surface area contributed by atoms with Crippen molar-refractivity contribution in [3.05, 3.63) is 80.3 Å². The number of hydrogen-bond acceptors (Lipinski definition) is 5. The number of nitrogens with one attached hydrogen (secondary N) is 1. The summed E-state index contributed by atoms with van der Waals surface area (Å²) in [6, 6.07) is 12.6. The third-order valence-corrected chi connectivity index (χ3v) is 3.88. The topological polar surface area (TPSA) is 114 Å². The van der Waals surface area contributed by atoms with Crippen molar-refractivity contribution in [1.29, 1.82) is 0 Å². The minimum atomic E-state index is -0.575. The highest BCUT2D eigenvalue weighted by molar-refractivity contribution is 5.84. The van der Waals surface area contributed by atoms with Gasteiger partial charge in [-0.1, -0.05) is 25.1 Å². The van der Waals surface area contributed by atoms with E-state index in [0.29, 0.717) is 23.4 Å². The summed E-state index contributed by atoms with van der Waals surface area (Å²) in [4.78, 5) is 27.1. The van der Waals surface area contributed by atoms with Gasteiger partial charge in [0, 0.05) is 24.0 Å². The van der Waals surface area contributed by atoms with E-state index in [9.17, 15) is 20.0 Å². The maximum absolute atomic E-state index is 12.7. The van der Waals surface area contributed by atoms with Crippen molar-refractivity contribution in [2.45, 2.75) is 13.3 Å². The zero-order valence-corrected chi connectivity index (χ0v) is 13.9. The number of hydrogen-bond donors (Lipinski definition) is 2. The summed E-state index contributed by atoms with van der Waals surface area (Å²) < 4.78 is 1.41. The molecule has 26 heavy (non-hydrogen) atoms. The van der Waals surface area contributed by atoms with Gasteiger partial charge in [-0.25, -0.2) is 4.68 Å². The molecule has 0 bridgehead atoms. The molecule has 8 nitrogen and oxygen atoms in total. The maximum atomic E-state index is 12.7. The van der Waals surface area contributed by atoms with Crippen LogP contribution in [0.4, 0.5) is 11.4 Å². The third kappa shape index (κ3) is 3.25. The van der Waals surface area contributed by atoms with Crippen molar-refractivity contribution in [1.82, 2.24) is 9.78 Å². The lowest BCUT2D eigenvalue weighted by Crippen LogP contribution is -2.17. The van der Waals surface area contributed by atoms with Crippen LogP contribution in [0.25, 0.3) is 5.69 Å². The first-order valence-corrected chi connectivity index (χ1v) is 7.92. The molecular weight excluding hydrogens is 336 g/mol. The van der Waals surface area contributed by atoms with E-state index >= 15 is 0 Å². The summed E-state index contributed by atoms with van der Waals surface area (Å²) in [6.45, 7) is 1.89. The van der Waals surface area contributed by atoms with E-state index < -0.39 is 4.92 Å². The van der Waals surface area contributed by atoms with E-state index in [-0.39, 0.29) is 22.7 Å². The van der Waals surface area contributed by atoms with Gasteiger partial charge in [0.15, 0.2) is 0 Å². The fourth-order valence-electron chi connectivity index (χ4n) is 2.52. The van der Waals surface area contributed by atoms with Crippen LogP contribution in [0.1, 0.15) is 18.2 Å². The van der Waals surface area contributed by atoms with Gasteiger partial charge in [0.2, 0.25) is 0 Å². The average molecular weight is 352 g/mol. The van der Waals surface area contributed by atoms with Gasteiger partial charge in [0.25, 0.3) is 11.2 Å². The Hall–Kier alpha value is -3.68. The molecule has 2 N–H and O–H groups in total. The molecule has 8 heteroatoms. The highest BCUT2D eigenvalue weighted by Gasteiger charge is 2.13. The molecule has 0 aliphatic carbocycles. The number of nitro groups is 1. The van der Waals surface area contributed by atoms with Crippen molar-refractivity contribution < 1.29 is 10.0 Å². The Bertz CT molecular complexity index is 1040. The molecule has 0 amide bonds. The van der Waals surface area contributed by atoms with Gasteiger partial charge < -0.3 is 5.11 Å². The Morgan fingerprint density at radius 3 is 2.65 bits per heavy atom. The fraction of sp³-hybridized carbons (Fsp3) is 0.111. The molecule has 0 aliphatic rings. The van der Waals surface area contributed by atoms with Crippen molar-refractivity contribution in [2.75, 3.05) is 0 Å². The number of aromatic amines is 1. The van der Waals surface area contributed by atoms with E-state index in [2.05, 4.69) is 10.1 Å². The quantitative estimate of drug-likeness (QED) is 0.417. The van der Waals surface area contributed by atoms with E-state index in [1.807, 2.05) is 25.1 Å². The Labute approximate surface area is 148 Å². The number of benzene rings is 2. The normalized spacial score (nSPS) is 11.1. The van der Waals surface area contributed by atoms with Crippen LogP contribution < -0.4 is 5.56 Å². The summed E-state index contributed by atoms with van der Waals surface area (Å²) in [6.07, 6.45) is 1.88. The Balaban J connectivity index is 2.04. The lowest BCUT2D eigenvalue weighted by Gasteiger charge is -1.99. The van der Waals surface area contributed by atoms with Gasteiger partial charge >= 0.3 is 0 Å². The van der Waals surface area contributed by atoms with Crippen LogP contribution in [0.2, 0.25) is 0 Å². The summed E-state index contributed by atoms with van der Waals surface area (Å²) in [7, 11) is 0. The largest absolute Gasteiger partial charge is 0.506 e. The second-order valence-corrected chi connectivity index (χ2v) is 5.52. The van der Waals surface area contributed by atoms with Gasteiger partial charge in [-0.15, -0.1) is 0 Å². The molecule has 3 rings (SSSR count). The summed E-state index contributed by atoms with van der Waals surface area (Å²) >= 11 is 0. The van der Waals surface area contributed by atoms with Gasteiger partial charge in [0.1, 0.15) is 11.4 Å². The van der Waals surface area contributed by atoms with Crippen LogP contribution in [0.5, 0.6) is 5.75 Å². The summed E-state index contributed by atoms with van der Waals surface area (Å²) in [5, 5.41) is 23.8. The zero-order valence-electron chi connectivity index (χ0n) is 13.9. The van der Waals surface area contributed by atoms with Crippen LogP contribution in [-0.2, 0) is 6.42 Å². The summed E-state index contributed by atoms with van der Waals surface area (Å²) in [5.41, 5.74) is 1.23. The van der Waals surface area contributed by atoms with Gasteiger partial charge in [-0.05, 0) is 24.6 Å². The molecule has 0 fully saturated rings. The average Bonchev–Trinajstić information content (AvgIpc) is 2.97. The SMILES string of the molecule is CCc1[nH]n(-c2ccccc2)c(=O)c1C=Nc1cc([N+](=O)[O-])ccc1O. The number of aryl methyl sites for hydroxylation is 1. The molecular formula is C18H16N4O4. The molecule has 132 valence electrons. The van der Waals surface area contributed by atoms with Crippen molar-refractivity contribution in [2.24, 2.45) is 4.99 Å². The zero-order chi connectivity index (χ0) is 18.7. The van der Waals surface area contributed by atoms with E-state index in [4.69, 9.17) is 0 Å². The lowest BCUT2D eigenvalue weighted by atomic mass is 10.2. The number of aliphatic imine (C=N–C) groups is 1. The first-order valence-electron chi connectivity index (χ1n) is 7.92. The molecule has 0 aliphatic heterocycles. The van der Waals surface area contributed by atoms with Crippen molar-refractivity contribution in [3.63, 3.8) is 0 Å². The first kappa shape index (κ1) is 17.2. The number of para-hydroxylation sites is 1. The number of phenols is 1. The number of nitro benzene ring substituents is 1. The van der Waals surface area contributed by atoms with Crippen molar-refractivity contribution >= 4 is 17.6 Å². The Morgan fingerprint density at radius 1 is 1.27 bits per heavy atom. The highest BCUT2D eigenvalue weighted by atomic mass is 16.6. The number of aromatic hydroxyl groups is 1. The number of H-pyrrole nitrogens is 1. The number of rotatable bonds is 5. The van der Waals surface area contributed by atoms with Gasteiger partial charge in [-0.2, -0.15) is 0 Å². The standard InChI is InChI=1S/C18H16N4O4/c1-2-15-14(18(24)21(20-15)12-6-4-3-5-7-12)11-19-16-10-13(22(25)26)8-9-17(16)23/h3-11,20,23H,2H2,1H3. The third-order valence-electron chi connectivity index (χ3n) is 3.88. The van der Waals surface area contributed by atoms with Crippen LogP contribution in [0.15, 0.2) is 58.3 Å². The van der Waals surface area contributed by atoms with E-state index in [1.165, 1.54) is 23.0 Å². The van der Waals surface area contributed by atoms with Crippen LogP contribution in [0.3, 0.4) is 0 Å². The lowest BCUT2D eigenvalue weighted by molar-refractivity contribution is -0.384. The second-order valence-electron chi connectivity index (χ2n) is 5.52. The predicted octanol–water partition coefficient (Wildman–Crippen LogP) is 3.09. The molecule has 2 aromatic carbocycles. The van der Waals surface area contributed by atoms with Gasteiger partial charge in [0.05, 0.1) is 16.2 Å². The fourth-order valence-corrected chi connectivity index (χ4v) is 2.52. The van der Waals surface area contributed by atoms with Crippen molar-refractivity contribution in [3.8, 4) is 11.4 Å². The molecule has 0 spiro atoms. The van der Waals surface area contributed by atoms with Crippen LogP contribution in [0, 0.1) is 10.1 Å². The van der Waals surface area contributed by atoms with Crippen LogP contribution in [-0.4, -0.2) is 26.0 Å². The first-order chi connectivity index (χ1) is 12.5. The minimum Gasteiger partial charge on any atom is -0.506 e. The monoisotopic (exact) mass is 352 g/mol. The minimum absolute atomic E-state index is 0.0214. The predicted molar refractivity (Wildman–Crippen MR) is 97.8 cm³/mol. The molecule has 0 radical (unpaired) electrons. The Kier molecular flexibility index (Phi) is 4.66. The van der Waals surface area contributed by atoms with E-state index in [0.717, 1.165) is 6.07 Å². The maximum Gasteiger partial charge on any atom is 0.280 e. The summed E-state index contributed by atoms with van der Waals surface area (Å²) in [5.74, 6) is -0.205. The molecule has 1 heterocycles. The smallest absolute Gasteiger partial charge is 0.280 e. The molecule has 0 atom stereocenters. The number of non-ortho nitro benzene ring substituents is 1. The molecule has 0 unspecified atom stereocenters. The second kappa shape index (κ2) is 7.06. The molecule has 1 aromatic heterocycles. The number of aromatic nitrogens is 2.